The van der Waals surface area contributed by atoms with Crippen LogP contribution in [0.5, 0.6) is 0 Å². The molecule has 4 nitrogen and oxygen atoms in total. The van der Waals surface area contributed by atoms with Gasteiger partial charge in [-0.25, -0.2) is 4.98 Å². The molecular formula is C12H12Cl2N2O2. The number of carbonyl (C=O) groups excluding carboxylic acids is 1. The second-order valence-corrected chi connectivity index (χ2v) is 4.67. The molecule has 1 aliphatic heterocycles. The first kappa shape index (κ1) is 13.3. The van der Waals surface area contributed by atoms with Gasteiger partial charge in [0.2, 0.25) is 5.91 Å². The highest BCUT2D eigenvalue weighted by Gasteiger charge is 2.24. The maximum atomic E-state index is 11.6. The molecule has 1 aliphatic rings. The number of pyridine rings is 1. The Morgan fingerprint density at radius 3 is 2.78 bits per heavy atom. The first-order chi connectivity index (χ1) is 8.60. The van der Waals surface area contributed by atoms with E-state index in [1.807, 2.05) is 0 Å². The molecule has 1 aromatic heterocycles. The minimum absolute atomic E-state index is 0.102. The van der Waals surface area contributed by atoms with Gasteiger partial charge in [0, 0.05) is 6.54 Å². The van der Waals surface area contributed by atoms with Crippen LogP contribution in [-0.4, -0.2) is 35.5 Å². The summed E-state index contributed by atoms with van der Waals surface area (Å²) in [6, 6.07) is 3.39. The average Bonchev–Trinajstić information content (AvgIpc) is 2.37. The van der Waals surface area contributed by atoms with Crippen molar-refractivity contribution in [1.29, 1.82) is 0 Å². The number of morpholine rings is 1. The fraction of sp³-hybridized carbons (Fsp3) is 0.333. The van der Waals surface area contributed by atoms with Gasteiger partial charge in [-0.15, -0.1) is 0 Å². The van der Waals surface area contributed by atoms with E-state index in [0.717, 1.165) is 5.56 Å². The highest BCUT2D eigenvalue weighted by Crippen LogP contribution is 2.26. The lowest BCUT2D eigenvalue weighted by Gasteiger charge is -2.32. The van der Waals surface area contributed by atoms with Crippen molar-refractivity contribution >= 4 is 29.1 Å². The van der Waals surface area contributed by atoms with Crippen molar-refractivity contribution < 1.29 is 9.53 Å². The summed E-state index contributed by atoms with van der Waals surface area (Å²) in [4.78, 5) is 17.1. The van der Waals surface area contributed by atoms with Gasteiger partial charge in [-0.1, -0.05) is 29.8 Å². The number of nitrogens with zero attached hydrogens (tertiary/aromatic N) is 2. The van der Waals surface area contributed by atoms with Gasteiger partial charge in [0.1, 0.15) is 16.4 Å². The van der Waals surface area contributed by atoms with Crippen molar-refractivity contribution in [2.24, 2.45) is 0 Å². The monoisotopic (exact) mass is 286 g/mol. The first-order valence-electron chi connectivity index (χ1n) is 5.46. The Bertz CT molecular complexity index is 459. The molecule has 1 amide bonds. The van der Waals surface area contributed by atoms with Crippen LogP contribution in [0.1, 0.15) is 11.7 Å². The summed E-state index contributed by atoms with van der Waals surface area (Å²) in [7, 11) is 0. The lowest BCUT2D eigenvalue weighted by Crippen LogP contribution is -2.41. The smallest absolute Gasteiger partial charge is 0.246 e. The van der Waals surface area contributed by atoms with Crippen LogP contribution in [0, 0.1) is 0 Å². The Hall–Kier alpha value is -1.10. The van der Waals surface area contributed by atoms with Crippen molar-refractivity contribution in [2.45, 2.75) is 6.10 Å². The zero-order valence-electron chi connectivity index (χ0n) is 9.60. The van der Waals surface area contributed by atoms with Gasteiger partial charge in [-0.3, -0.25) is 4.79 Å². The van der Waals surface area contributed by atoms with E-state index in [9.17, 15) is 4.79 Å². The van der Waals surface area contributed by atoms with E-state index in [4.69, 9.17) is 27.9 Å². The highest BCUT2D eigenvalue weighted by molar-refractivity contribution is 6.32. The maximum Gasteiger partial charge on any atom is 0.246 e. The molecule has 1 aromatic rings. The lowest BCUT2D eigenvalue weighted by molar-refractivity contribution is -0.133. The first-order valence-corrected chi connectivity index (χ1v) is 6.21. The standard InChI is InChI=1S/C12H12Cl2N2O2/c1-2-12(17)16-3-4-18-9(7-16)8-5-10(13)15-11(14)6-8/h2,5-6,9H,1,3-4,7H2. The molecule has 0 radical (unpaired) electrons. The van der Waals surface area contributed by atoms with Crippen LogP contribution in [0.25, 0.3) is 0 Å². The molecule has 0 aliphatic carbocycles. The van der Waals surface area contributed by atoms with E-state index in [2.05, 4.69) is 11.6 Å². The third-order valence-electron chi connectivity index (χ3n) is 2.71. The Labute approximate surface area is 115 Å². The second kappa shape index (κ2) is 5.69. The van der Waals surface area contributed by atoms with Crippen LogP contribution in [0.3, 0.4) is 0 Å². The summed E-state index contributed by atoms with van der Waals surface area (Å²) < 4.78 is 5.63. The van der Waals surface area contributed by atoms with Crippen LogP contribution in [0.15, 0.2) is 24.8 Å². The third kappa shape index (κ3) is 3.02. The summed E-state index contributed by atoms with van der Waals surface area (Å²) >= 11 is 11.7. The van der Waals surface area contributed by atoms with E-state index in [1.165, 1.54) is 6.08 Å². The third-order valence-corrected chi connectivity index (χ3v) is 3.10. The molecule has 18 heavy (non-hydrogen) atoms. The fourth-order valence-electron chi connectivity index (χ4n) is 1.85. The Morgan fingerprint density at radius 2 is 2.17 bits per heavy atom. The van der Waals surface area contributed by atoms with Crippen molar-refractivity contribution in [1.82, 2.24) is 9.88 Å². The topological polar surface area (TPSA) is 42.4 Å². The molecule has 96 valence electrons. The van der Waals surface area contributed by atoms with E-state index >= 15 is 0 Å². The number of rotatable bonds is 2. The van der Waals surface area contributed by atoms with E-state index < -0.39 is 0 Å². The van der Waals surface area contributed by atoms with Gasteiger partial charge in [-0.2, -0.15) is 0 Å². The molecule has 1 atom stereocenters. The number of hydrogen-bond acceptors (Lipinski definition) is 3. The van der Waals surface area contributed by atoms with Crippen LogP contribution in [-0.2, 0) is 9.53 Å². The minimum Gasteiger partial charge on any atom is -0.370 e. The molecule has 2 heterocycles. The van der Waals surface area contributed by atoms with E-state index in [1.54, 1.807) is 17.0 Å². The highest BCUT2D eigenvalue weighted by atomic mass is 35.5. The number of halogens is 2. The van der Waals surface area contributed by atoms with Gasteiger partial charge in [0.25, 0.3) is 0 Å². The van der Waals surface area contributed by atoms with Crippen LogP contribution in [0.4, 0.5) is 0 Å². The van der Waals surface area contributed by atoms with Crippen LogP contribution in [0.2, 0.25) is 10.3 Å². The van der Waals surface area contributed by atoms with Gasteiger partial charge >= 0.3 is 0 Å². The molecule has 0 bridgehead atoms. The van der Waals surface area contributed by atoms with E-state index in [0.29, 0.717) is 30.0 Å². The summed E-state index contributed by atoms with van der Waals surface area (Å²) in [6.45, 7) is 4.97. The van der Waals surface area contributed by atoms with Crippen molar-refractivity contribution in [3.05, 3.63) is 40.7 Å². The SMILES string of the molecule is C=CC(=O)N1CCOC(c2cc(Cl)nc(Cl)c2)C1. The molecule has 0 saturated carbocycles. The van der Waals surface area contributed by atoms with Crippen LogP contribution < -0.4 is 0 Å². The lowest BCUT2D eigenvalue weighted by atomic mass is 10.1. The van der Waals surface area contributed by atoms with Crippen molar-refractivity contribution in [3.63, 3.8) is 0 Å². The molecule has 0 spiro atoms. The largest absolute Gasteiger partial charge is 0.370 e. The maximum absolute atomic E-state index is 11.6. The van der Waals surface area contributed by atoms with E-state index in [-0.39, 0.29) is 12.0 Å². The molecule has 1 fully saturated rings. The zero-order chi connectivity index (χ0) is 13.1. The minimum atomic E-state index is -0.236. The number of ether oxygens (including phenoxy) is 1. The van der Waals surface area contributed by atoms with Gasteiger partial charge in [0.05, 0.1) is 13.2 Å². The molecule has 2 rings (SSSR count). The molecule has 1 saturated heterocycles. The van der Waals surface area contributed by atoms with Gasteiger partial charge < -0.3 is 9.64 Å². The molecule has 6 heteroatoms. The number of hydrogen-bond donors (Lipinski definition) is 0. The summed E-state index contributed by atoms with van der Waals surface area (Å²) in [5.41, 5.74) is 0.821. The summed E-state index contributed by atoms with van der Waals surface area (Å²) in [5, 5.41) is 0.626. The fourth-order valence-corrected chi connectivity index (χ4v) is 2.33. The Balaban J connectivity index is 2.17. The predicted octanol–water partition coefficient (Wildman–Crippen LogP) is 2.47. The second-order valence-electron chi connectivity index (χ2n) is 3.89. The molecule has 0 aromatic carbocycles. The zero-order valence-corrected chi connectivity index (χ0v) is 11.1. The number of carbonyl (C=O) groups is 1. The summed E-state index contributed by atoms with van der Waals surface area (Å²) in [6.07, 6.45) is 1.06. The van der Waals surface area contributed by atoms with Crippen LogP contribution >= 0.6 is 23.2 Å². The summed E-state index contributed by atoms with van der Waals surface area (Å²) in [5.74, 6) is -0.102. The number of amides is 1. The molecular weight excluding hydrogens is 275 g/mol. The average molecular weight is 287 g/mol. The van der Waals surface area contributed by atoms with Gasteiger partial charge in [0.15, 0.2) is 0 Å². The predicted molar refractivity (Wildman–Crippen MR) is 69.7 cm³/mol. The Kier molecular flexibility index (Phi) is 4.22. The Morgan fingerprint density at radius 1 is 1.50 bits per heavy atom. The van der Waals surface area contributed by atoms with Crippen molar-refractivity contribution in [3.8, 4) is 0 Å². The van der Waals surface area contributed by atoms with Crippen molar-refractivity contribution in [2.75, 3.05) is 19.7 Å². The molecule has 0 N–H and O–H groups in total. The number of aromatic nitrogens is 1. The van der Waals surface area contributed by atoms with Gasteiger partial charge in [-0.05, 0) is 23.8 Å². The quantitative estimate of drug-likeness (QED) is 0.620. The normalized spacial score (nSPS) is 19.7. The molecule has 1 unspecified atom stereocenters.